The van der Waals surface area contributed by atoms with E-state index in [0.29, 0.717) is 0 Å². The monoisotopic (exact) mass is 321 g/mol. The van der Waals surface area contributed by atoms with Crippen LogP contribution in [0.5, 0.6) is 0 Å². The average molecular weight is 321 g/mol. The molecule has 0 radical (unpaired) electrons. The zero-order valence-electron chi connectivity index (χ0n) is 13.3. The van der Waals surface area contributed by atoms with E-state index in [1.807, 2.05) is 49.3 Å². The van der Waals surface area contributed by atoms with Crippen molar-refractivity contribution >= 4 is 23.8 Å². The summed E-state index contributed by atoms with van der Waals surface area (Å²) in [5, 5.41) is 3.79. The second kappa shape index (κ2) is 7.94. The molecule has 4 heteroatoms. The van der Waals surface area contributed by atoms with Crippen molar-refractivity contribution in [2.75, 3.05) is 0 Å². The molecule has 3 heterocycles. The van der Waals surface area contributed by atoms with Crippen molar-refractivity contribution in [3.63, 3.8) is 0 Å². The van der Waals surface area contributed by atoms with Crippen LogP contribution in [0.25, 0.3) is 0 Å². The highest BCUT2D eigenvalue weighted by molar-refractivity contribution is 7.79. The van der Waals surface area contributed by atoms with Gasteiger partial charge in [0.1, 0.15) is 0 Å². The topological polar surface area (TPSA) is 38.7 Å². The number of pyridine rings is 3. The van der Waals surface area contributed by atoms with Gasteiger partial charge in [0.25, 0.3) is 0 Å². The standard InChI is InChI=1S/C19H20N3P/c1-2-3-6-16-9-12-22-15-19(16)23(17-7-4-10-20-13-17)18-8-5-11-21-14-18/h4-5,7-15H,2-3,6H2,1H3. The SMILES string of the molecule is CCCCc1ccncc1P(c1cccnc1)c1cccnc1. The van der Waals surface area contributed by atoms with Crippen LogP contribution in [0.2, 0.25) is 0 Å². The summed E-state index contributed by atoms with van der Waals surface area (Å²) in [6, 6.07) is 10.5. The van der Waals surface area contributed by atoms with Crippen LogP contribution < -0.4 is 15.9 Å². The molecule has 0 spiro atoms. The van der Waals surface area contributed by atoms with Crippen LogP contribution >= 0.6 is 7.92 Å². The Hall–Kier alpha value is -2.12. The number of nitrogens with zero attached hydrogens (tertiary/aromatic N) is 3. The van der Waals surface area contributed by atoms with Gasteiger partial charge in [-0.3, -0.25) is 15.0 Å². The lowest BCUT2D eigenvalue weighted by Gasteiger charge is -2.21. The van der Waals surface area contributed by atoms with Crippen LogP contribution in [0, 0.1) is 0 Å². The molecule has 0 saturated heterocycles. The third-order valence-electron chi connectivity index (χ3n) is 3.74. The minimum absolute atomic E-state index is 0.671. The molecule has 0 aliphatic rings. The van der Waals surface area contributed by atoms with Gasteiger partial charge in [0, 0.05) is 53.1 Å². The van der Waals surface area contributed by atoms with E-state index in [0.717, 1.165) is 6.42 Å². The lowest BCUT2D eigenvalue weighted by atomic mass is 10.1. The first-order chi connectivity index (χ1) is 11.4. The molecule has 0 fully saturated rings. The van der Waals surface area contributed by atoms with Crippen LogP contribution in [0.4, 0.5) is 0 Å². The van der Waals surface area contributed by atoms with Gasteiger partial charge in [-0.2, -0.15) is 0 Å². The van der Waals surface area contributed by atoms with Gasteiger partial charge >= 0.3 is 0 Å². The minimum atomic E-state index is -0.671. The Labute approximate surface area is 138 Å². The summed E-state index contributed by atoms with van der Waals surface area (Å²) in [6.45, 7) is 2.23. The minimum Gasteiger partial charge on any atom is -0.264 e. The Bertz CT molecular complexity index is 692. The summed E-state index contributed by atoms with van der Waals surface area (Å²) < 4.78 is 0. The maximum atomic E-state index is 4.40. The van der Waals surface area contributed by atoms with Crippen LogP contribution in [0.15, 0.2) is 67.5 Å². The lowest BCUT2D eigenvalue weighted by Crippen LogP contribution is -2.24. The molecule has 0 aromatic carbocycles. The van der Waals surface area contributed by atoms with Crippen LogP contribution in [-0.4, -0.2) is 15.0 Å². The van der Waals surface area contributed by atoms with Crippen LogP contribution in [0.1, 0.15) is 25.3 Å². The van der Waals surface area contributed by atoms with Crippen molar-refractivity contribution in [1.29, 1.82) is 0 Å². The highest BCUT2D eigenvalue weighted by Gasteiger charge is 2.19. The van der Waals surface area contributed by atoms with Crippen molar-refractivity contribution < 1.29 is 0 Å². The predicted molar refractivity (Wildman–Crippen MR) is 97.1 cm³/mol. The van der Waals surface area contributed by atoms with Gasteiger partial charge < -0.3 is 0 Å². The molecule has 0 unspecified atom stereocenters. The zero-order chi connectivity index (χ0) is 15.9. The van der Waals surface area contributed by atoms with Crippen molar-refractivity contribution in [1.82, 2.24) is 15.0 Å². The largest absolute Gasteiger partial charge is 0.264 e. The Balaban J connectivity index is 2.10. The van der Waals surface area contributed by atoms with Gasteiger partial charge in [-0.05, 0) is 44.5 Å². The first-order valence-electron chi connectivity index (χ1n) is 7.93. The molecular formula is C19H20N3P. The van der Waals surface area contributed by atoms with Gasteiger partial charge in [-0.15, -0.1) is 0 Å². The number of rotatable bonds is 6. The Morgan fingerprint density at radius 3 is 2.04 bits per heavy atom. The second-order valence-electron chi connectivity index (χ2n) is 5.37. The highest BCUT2D eigenvalue weighted by Crippen LogP contribution is 2.33. The Kier molecular flexibility index (Phi) is 5.44. The van der Waals surface area contributed by atoms with E-state index in [1.165, 1.54) is 34.3 Å². The van der Waals surface area contributed by atoms with E-state index in [4.69, 9.17) is 0 Å². The molecule has 0 N–H and O–H groups in total. The smallest absolute Gasteiger partial charge is 0.0354 e. The van der Waals surface area contributed by atoms with E-state index in [-0.39, 0.29) is 0 Å². The second-order valence-corrected chi connectivity index (χ2v) is 7.55. The summed E-state index contributed by atoms with van der Waals surface area (Å²) in [5.41, 5.74) is 1.39. The fourth-order valence-electron chi connectivity index (χ4n) is 2.59. The Morgan fingerprint density at radius 2 is 1.48 bits per heavy atom. The van der Waals surface area contributed by atoms with Crippen LogP contribution in [-0.2, 0) is 6.42 Å². The Morgan fingerprint density at radius 1 is 0.826 bits per heavy atom. The fourth-order valence-corrected chi connectivity index (χ4v) is 4.94. The molecule has 3 aromatic rings. The van der Waals surface area contributed by atoms with Gasteiger partial charge in [-0.25, -0.2) is 0 Å². The number of aromatic nitrogens is 3. The molecule has 0 bridgehead atoms. The quantitative estimate of drug-likeness (QED) is 0.655. The third kappa shape index (κ3) is 3.80. The zero-order valence-corrected chi connectivity index (χ0v) is 14.2. The molecule has 0 aliphatic heterocycles. The fraction of sp³-hybridized carbons (Fsp3) is 0.211. The van der Waals surface area contributed by atoms with E-state index < -0.39 is 7.92 Å². The number of hydrogen-bond acceptors (Lipinski definition) is 3. The normalized spacial score (nSPS) is 10.9. The van der Waals surface area contributed by atoms with Gasteiger partial charge in [0.2, 0.25) is 0 Å². The maximum absolute atomic E-state index is 4.40. The average Bonchev–Trinajstić information content (AvgIpc) is 2.63. The number of aryl methyl sites for hydroxylation is 1. The highest BCUT2D eigenvalue weighted by atomic mass is 31.1. The summed E-state index contributed by atoms with van der Waals surface area (Å²) in [5.74, 6) is 0. The first kappa shape index (κ1) is 15.8. The molecule has 0 amide bonds. The van der Waals surface area contributed by atoms with Crippen molar-refractivity contribution in [3.05, 3.63) is 73.1 Å². The van der Waals surface area contributed by atoms with Gasteiger partial charge in [-0.1, -0.05) is 25.5 Å². The first-order valence-corrected chi connectivity index (χ1v) is 9.27. The third-order valence-corrected chi connectivity index (χ3v) is 6.18. The summed E-state index contributed by atoms with van der Waals surface area (Å²) >= 11 is 0. The van der Waals surface area contributed by atoms with Crippen molar-refractivity contribution in [3.8, 4) is 0 Å². The van der Waals surface area contributed by atoms with Crippen molar-refractivity contribution in [2.45, 2.75) is 26.2 Å². The number of hydrogen-bond donors (Lipinski definition) is 0. The van der Waals surface area contributed by atoms with E-state index in [9.17, 15) is 0 Å². The summed E-state index contributed by atoms with van der Waals surface area (Å²) in [4.78, 5) is 13.0. The molecular weight excluding hydrogens is 301 g/mol. The van der Waals surface area contributed by atoms with E-state index >= 15 is 0 Å². The van der Waals surface area contributed by atoms with E-state index in [2.05, 4.69) is 40.1 Å². The lowest BCUT2D eigenvalue weighted by molar-refractivity contribution is 0.797. The van der Waals surface area contributed by atoms with Gasteiger partial charge in [0.15, 0.2) is 0 Å². The summed E-state index contributed by atoms with van der Waals surface area (Å²) in [7, 11) is -0.671. The maximum Gasteiger partial charge on any atom is 0.0354 e. The molecule has 23 heavy (non-hydrogen) atoms. The van der Waals surface area contributed by atoms with Gasteiger partial charge in [0.05, 0.1) is 0 Å². The molecule has 116 valence electrons. The van der Waals surface area contributed by atoms with E-state index in [1.54, 1.807) is 0 Å². The summed E-state index contributed by atoms with van der Waals surface area (Å²) in [6.07, 6.45) is 15.0. The molecule has 3 aromatic heterocycles. The predicted octanol–water partition coefficient (Wildman–Crippen LogP) is 2.97. The molecule has 3 rings (SSSR count). The van der Waals surface area contributed by atoms with Crippen LogP contribution in [0.3, 0.4) is 0 Å². The number of unbranched alkanes of at least 4 members (excludes halogenated alkanes) is 1. The molecule has 3 nitrogen and oxygen atoms in total. The van der Waals surface area contributed by atoms with Crippen molar-refractivity contribution in [2.24, 2.45) is 0 Å². The molecule has 0 aliphatic carbocycles. The molecule has 0 atom stereocenters. The molecule has 0 saturated carbocycles.